The number of hydrogen-bond acceptors (Lipinski definition) is 4. The van der Waals surface area contributed by atoms with Crippen molar-refractivity contribution < 1.29 is 4.79 Å². The van der Waals surface area contributed by atoms with Gasteiger partial charge in [0, 0.05) is 36.8 Å². The highest BCUT2D eigenvalue weighted by Crippen LogP contribution is 2.20. The Kier molecular flexibility index (Phi) is 11.1. The van der Waals surface area contributed by atoms with Gasteiger partial charge < -0.3 is 16.0 Å². The molecule has 1 rings (SSSR count). The molecule has 0 atom stereocenters. The van der Waals surface area contributed by atoms with Gasteiger partial charge in [-0.3, -0.25) is 4.79 Å². The summed E-state index contributed by atoms with van der Waals surface area (Å²) in [5.74, 6) is 0.487. The van der Waals surface area contributed by atoms with Crippen LogP contribution in [0.3, 0.4) is 0 Å². The summed E-state index contributed by atoms with van der Waals surface area (Å²) < 4.78 is 0.776. The van der Waals surface area contributed by atoms with Gasteiger partial charge in [0.15, 0.2) is 0 Å². The van der Waals surface area contributed by atoms with E-state index in [1.54, 1.807) is 12.3 Å². The van der Waals surface area contributed by atoms with Crippen LogP contribution >= 0.6 is 40.7 Å². The third-order valence-electron chi connectivity index (χ3n) is 3.51. The number of amides is 1. The van der Waals surface area contributed by atoms with E-state index < -0.39 is 0 Å². The second-order valence-corrected chi connectivity index (χ2v) is 6.09. The largest absolute Gasteiger partial charge is 0.362 e. The topological polar surface area (TPSA) is 71.2 Å². The number of nitrogens with two attached hydrogens (primary N) is 1. The molecule has 0 saturated heterocycles. The lowest BCUT2D eigenvalue weighted by molar-refractivity contribution is 0.0942. The molecule has 0 radical (unpaired) electrons. The number of aromatic nitrogens is 1. The van der Waals surface area contributed by atoms with Crippen LogP contribution in [0.15, 0.2) is 16.7 Å². The zero-order valence-corrected chi connectivity index (χ0v) is 16.6. The molecule has 0 bridgehead atoms. The van der Waals surface area contributed by atoms with Crippen LogP contribution in [-0.4, -0.2) is 37.1 Å². The van der Waals surface area contributed by atoms with Gasteiger partial charge in [0.1, 0.15) is 5.82 Å². The summed E-state index contributed by atoms with van der Waals surface area (Å²) in [7, 11) is 3.72. The minimum Gasteiger partial charge on any atom is -0.362 e. The van der Waals surface area contributed by atoms with Crippen LogP contribution in [-0.2, 0) is 0 Å². The Morgan fingerprint density at radius 2 is 1.91 bits per heavy atom. The van der Waals surface area contributed by atoms with Crippen molar-refractivity contribution in [1.29, 1.82) is 0 Å². The van der Waals surface area contributed by atoms with Gasteiger partial charge in [0.05, 0.1) is 5.56 Å². The van der Waals surface area contributed by atoms with Crippen LogP contribution in [0.4, 0.5) is 5.82 Å². The summed E-state index contributed by atoms with van der Waals surface area (Å²) in [4.78, 5) is 18.4. The highest BCUT2D eigenvalue weighted by Gasteiger charge is 2.22. The minimum atomic E-state index is -0.354. The zero-order chi connectivity index (χ0) is 15.3. The molecule has 0 aliphatic rings. The maximum Gasteiger partial charge on any atom is 0.255 e. The number of hydrogen-bond donors (Lipinski definition) is 2. The van der Waals surface area contributed by atoms with E-state index in [1.807, 2.05) is 32.8 Å². The number of halogens is 3. The molecular formula is C14H25BrCl2N4O. The number of carbonyl (C=O) groups excluding carboxylic acids is 1. The van der Waals surface area contributed by atoms with Crippen LogP contribution in [0, 0.1) is 0 Å². The molecule has 0 unspecified atom stereocenters. The second kappa shape index (κ2) is 10.3. The van der Waals surface area contributed by atoms with Gasteiger partial charge in [0.25, 0.3) is 5.91 Å². The molecule has 1 amide bonds. The predicted octanol–water partition coefficient (Wildman–Crippen LogP) is 3.00. The Morgan fingerprint density at radius 3 is 2.36 bits per heavy atom. The van der Waals surface area contributed by atoms with Crippen molar-refractivity contribution in [3.63, 3.8) is 0 Å². The lowest BCUT2D eigenvalue weighted by Crippen LogP contribution is -2.49. The molecule has 0 aliphatic carbocycles. The first kappa shape index (κ1) is 23.7. The van der Waals surface area contributed by atoms with E-state index in [9.17, 15) is 4.79 Å². The minimum absolute atomic E-state index is 0. The third-order valence-corrected chi connectivity index (χ3v) is 3.94. The Balaban J connectivity index is 0. The fraction of sp³-hybridized carbons (Fsp3) is 0.571. The third kappa shape index (κ3) is 6.28. The molecule has 128 valence electrons. The molecule has 8 heteroatoms. The van der Waals surface area contributed by atoms with E-state index in [0.29, 0.717) is 17.9 Å². The smallest absolute Gasteiger partial charge is 0.255 e. The molecule has 1 aromatic rings. The maximum absolute atomic E-state index is 12.3. The molecule has 5 nitrogen and oxygen atoms in total. The van der Waals surface area contributed by atoms with Crippen LogP contribution in [0.2, 0.25) is 0 Å². The van der Waals surface area contributed by atoms with Crippen molar-refractivity contribution in [3.8, 4) is 0 Å². The first-order chi connectivity index (χ1) is 9.33. The van der Waals surface area contributed by atoms with Gasteiger partial charge in [-0.2, -0.15) is 0 Å². The number of nitrogens with zero attached hydrogens (tertiary/aromatic N) is 2. The molecule has 0 aliphatic heterocycles. The van der Waals surface area contributed by atoms with E-state index in [0.717, 1.165) is 17.3 Å². The van der Waals surface area contributed by atoms with Gasteiger partial charge in [-0.15, -0.1) is 24.8 Å². The Labute approximate surface area is 153 Å². The van der Waals surface area contributed by atoms with Crippen molar-refractivity contribution in [2.75, 3.05) is 25.5 Å². The lowest BCUT2D eigenvalue weighted by Gasteiger charge is -2.27. The quantitative estimate of drug-likeness (QED) is 0.748. The average molecular weight is 416 g/mol. The van der Waals surface area contributed by atoms with E-state index in [4.69, 9.17) is 5.73 Å². The van der Waals surface area contributed by atoms with E-state index in [1.165, 1.54) is 0 Å². The summed E-state index contributed by atoms with van der Waals surface area (Å²) in [5, 5.41) is 2.91. The standard InChI is InChI=1S/C14H23BrN4O.2ClH/c1-5-14(16,6-2)9-18-13(20)11-7-10(15)8-17-12(11)19(3)4;;/h7-8H,5-6,9,16H2,1-4H3,(H,18,20);2*1H. The van der Waals surface area contributed by atoms with E-state index in [-0.39, 0.29) is 36.3 Å². The summed E-state index contributed by atoms with van der Waals surface area (Å²) >= 11 is 3.35. The summed E-state index contributed by atoms with van der Waals surface area (Å²) in [6.07, 6.45) is 3.32. The number of pyridine rings is 1. The molecule has 0 spiro atoms. The molecule has 1 heterocycles. The van der Waals surface area contributed by atoms with Gasteiger partial charge in [-0.25, -0.2) is 4.98 Å². The van der Waals surface area contributed by atoms with Gasteiger partial charge >= 0.3 is 0 Å². The number of rotatable bonds is 6. The van der Waals surface area contributed by atoms with Gasteiger partial charge in [-0.1, -0.05) is 13.8 Å². The fourth-order valence-electron chi connectivity index (χ4n) is 1.81. The normalized spacial score (nSPS) is 10.3. The van der Waals surface area contributed by atoms with Crippen molar-refractivity contribution in [2.24, 2.45) is 5.73 Å². The molecular weight excluding hydrogens is 391 g/mol. The monoisotopic (exact) mass is 414 g/mol. The highest BCUT2D eigenvalue weighted by molar-refractivity contribution is 9.10. The SMILES string of the molecule is CCC(N)(CC)CNC(=O)c1cc(Br)cnc1N(C)C.Cl.Cl. The Bertz CT molecular complexity index is 482. The molecule has 0 fully saturated rings. The predicted molar refractivity (Wildman–Crippen MR) is 101 cm³/mol. The number of nitrogens with one attached hydrogen (secondary N) is 1. The maximum atomic E-state index is 12.3. The molecule has 0 aromatic carbocycles. The number of carbonyl (C=O) groups is 1. The van der Waals surface area contributed by atoms with Gasteiger partial charge in [-0.05, 0) is 34.8 Å². The van der Waals surface area contributed by atoms with E-state index >= 15 is 0 Å². The van der Waals surface area contributed by atoms with Crippen molar-refractivity contribution in [3.05, 3.63) is 22.3 Å². The molecule has 22 heavy (non-hydrogen) atoms. The van der Waals surface area contributed by atoms with Crippen LogP contribution in [0.1, 0.15) is 37.0 Å². The molecule has 1 aromatic heterocycles. The van der Waals surface area contributed by atoms with Gasteiger partial charge in [0.2, 0.25) is 0 Å². The first-order valence-electron chi connectivity index (χ1n) is 6.73. The van der Waals surface area contributed by atoms with Crippen LogP contribution in [0.5, 0.6) is 0 Å². The van der Waals surface area contributed by atoms with E-state index in [2.05, 4.69) is 26.2 Å². The number of anilines is 1. The second-order valence-electron chi connectivity index (χ2n) is 5.17. The van der Waals surface area contributed by atoms with Crippen molar-refractivity contribution in [1.82, 2.24) is 10.3 Å². The molecule has 3 N–H and O–H groups in total. The summed E-state index contributed by atoms with van der Waals surface area (Å²) in [6.45, 7) is 4.52. The van der Waals surface area contributed by atoms with Crippen LogP contribution < -0.4 is 16.0 Å². The zero-order valence-electron chi connectivity index (χ0n) is 13.4. The lowest BCUT2D eigenvalue weighted by atomic mass is 9.94. The van der Waals surface area contributed by atoms with Crippen LogP contribution in [0.25, 0.3) is 0 Å². The van der Waals surface area contributed by atoms with Crippen molar-refractivity contribution in [2.45, 2.75) is 32.2 Å². The summed E-state index contributed by atoms with van der Waals surface area (Å²) in [6, 6.07) is 1.77. The summed E-state index contributed by atoms with van der Waals surface area (Å²) in [5.41, 5.74) is 6.39. The fourth-order valence-corrected chi connectivity index (χ4v) is 2.14. The Hall–Kier alpha value is -0.560. The molecule has 0 saturated carbocycles. The van der Waals surface area contributed by atoms with Crippen molar-refractivity contribution >= 4 is 52.5 Å². The Morgan fingerprint density at radius 1 is 1.36 bits per heavy atom. The first-order valence-corrected chi connectivity index (χ1v) is 7.52. The average Bonchev–Trinajstić information content (AvgIpc) is 2.43. The highest BCUT2D eigenvalue weighted by atomic mass is 79.9.